The smallest absolute Gasteiger partial charge is 0.381 e. The van der Waals surface area contributed by atoms with Gasteiger partial charge in [-0.2, -0.15) is 30.7 Å². The topological polar surface area (TPSA) is 18.5 Å². The molecule has 0 radical (unpaired) electrons. The summed E-state index contributed by atoms with van der Waals surface area (Å²) in [4.78, 5) is 0. The van der Waals surface area contributed by atoms with E-state index in [0.29, 0.717) is 12.5 Å². The molecular weight excluding hydrogens is 417 g/mol. The fourth-order valence-electron chi connectivity index (χ4n) is 3.50. The van der Waals surface area contributed by atoms with Crippen molar-refractivity contribution < 1.29 is 40.2 Å². The van der Waals surface area contributed by atoms with E-state index in [1.54, 1.807) is 0 Å². The lowest BCUT2D eigenvalue weighted by molar-refractivity contribution is -0.355. The molecule has 1 aliphatic heterocycles. The first-order chi connectivity index (χ1) is 14.1. The molecule has 9 heteroatoms. The maximum Gasteiger partial charge on any atom is 0.459 e. The van der Waals surface area contributed by atoms with Gasteiger partial charge in [0, 0.05) is 26.2 Å². The lowest BCUT2D eigenvalue weighted by Crippen LogP contribution is -2.51. The van der Waals surface area contributed by atoms with Crippen LogP contribution in [0.3, 0.4) is 0 Å². The predicted molar refractivity (Wildman–Crippen MR) is 101 cm³/mol. The van der Waals surface area contributed by atoms with Gasteiger partial charge in [-0.25, -0.2) is 0 Å². The molecule has 0 saturated carbocycles. The maximum absolute atomic E-state index is 13.1. The summed E-state index contributed by atoms with van der Waals surface area (Å²) in [6.07, 6.45) is 3.22. The summed E-state index contributed by atoms with van der Waals surface area (Å²) in [6.45, 7) is 2.30. The van der Waals surface area contributed by atoms with Crippen molar-refractivity contribution in [3.05, 3.63) is 0 Å². The van der Waals surface area contributed by atoms with Crippen molar-refractivity contribution in [2.75, 3.05) is 19.8 Å². The van der Waals surface area contributed by atoms with Crippen LogP contribution in [0.25, 0.3) is 0 Å². The minimum atomic E-state index is -6.23. The molecule has 0 aromatic heterocycles. The van der Waals surface area contributed by atoms with Gasteiger partial charge in [-0.05, 0) is 38.5 Å². The van der Waals surface area contributed by atoms with E-state index in [9.17, 15) is 30.7 Å². The summed E-state index contributed by atoms with van der Waals surface area (Å²) in [6, 6.07) is 0. The highest BCUT2D eigenvalue weighted by Gasteiger charge is 2.72. The van der Waals surface area contributed by atoms with Crippen molar-refractivity contribution in [3.8, 4) is 0 Å². The van der Waals surface area contributed by atoms with Crippen molar-refractivity contribution in [3.63, 3.8) is 0 Å². The molecule has 0 bridgehead atoms. The van der Waals surface area contributed by atoms with E-state index in [1.807, 2.05) is 0 Å². The molecule has 0 spiro atoms. The SMILES string of the molecule is FC(F)(F)C(F)(F)C(F)(F)CCCCCCCCCCCOCCC1CCCCO1. The molecule has 1 aliphatic rings. The molecule has 0 amide bonds. The maximum atomic E-state index is 13.1. The number of rotatable bonds is 16. The van der Waals surface area contributed by atoms with Gasteiger partial charge in [-0.15, -0.1) is 0 Å². The summed E-state index contributed by atoms with van der Waals surface area (Å²) in [5, 5.41) is 0. The van der Waals surface area contributed by atoms with E-state index >= 15 is 0 Å². The Bertz CT molecular complexity index is 436. The van der Waals surface area contributed by atoms with Crippen LogP contribution in [0, 0.1) is 0 Å². The molecule has 0 aliphatic carbocycles. The monoisotopic (exact) mass is 452 g/mol. The first-order valence-corrected chi connectivity index (χ1v) is 11.1. The molecule has 30 heavy (non-hydrogen) atoms. The number of alkyl halides is 7. The van der Waals surface area contributed by atoms with Gasteiger partial charge >= 0.3 is 18.0 Å². The van der Waals surface area contributed by atoms with E-state index in [1.165, 1.54) is 6.42 Å². The van der Waals surface area contributed by atoms with Crippen LogP contribution >= 0.6 is 0 Å². The first-order valence-electron chi connectivity index (χ1n) is 11.1. The molecule has 1 saturated heterocycles. The number of hydrogen-bond donors (Lipinski definition) is 0. The van der Waals surface area contributed by atoms with Crippen LogP contribution in [0.4, 0.5) is 30.7 Å². The third kappa shape index (κ3) is 10.2. The zero-order valence-corrected chi connectivity index (χ0v) is 17.6. The average molecular weight is 452 g/mol. The van der Waals surface area contributed by atoms with Crippen LogP contribution in [0.1, 0.15) is 89.9 Å². The number of unbranched alkanes of at least 4 members (excludes halogenated alkanes) is 8. The Morgan fingerprint density at radius 1 is 0.700 bits per heavy atom. The number of hydrogen-bond acceptors (Lipinski definition) is 2. The standard InChI is InChI=1S/C21H35F7O2/c22-19(23,20(24,25)21(26,27)28)14-9-6-4-2-1-3-5-7-10-15-29-17-13-18-12-8-11-16-30-18/h18H,1-17H2. The Morgan fingerprint density at radius 2 is 1.27 bits per heavy atom. The van der Waals surface area contributed by atoms with Crippen molar-refractivity contribution in [1.82, 2.24) is 0 Å². The second-order valence-electron chi connectivity index (χ2n) is 8.10. The van der Waals surface area contributed by atoms with Gasteiger partial charge in [0.15, 0.2) is 0 Å². The molecule has 0 N–H and O–H groups in total. The minimum Gasteiger partial charge on any atom is -0.381 e. The van der Waals surface area contributed by atoms with Crippen LogP contribution in [0.5, 0.6) is 0 Å². The van der Waals surface area contributed by atoms with Crippen LogP contribution in [-0.2, 0) is 9.47 Å². The van der Waals surface area contributed by atoms with Gasteiger partial charge in [0.05, 0.1) is 6.10 Å². The predicted octanol–water partition coefficient (Wildman–Crippen LogP) is 7.70. The highest BCUT2D eigenvalue weighted by atomic mass is 19.4. The quantitative estimate of drug-likeness (QED) is 0.176. The fraction of sp³-hybridized carbons (Fsp3) is 1.00. The molecular formula is C21H35F7O2. The summed E-state index contributed by atoms with van der Waals surface area (Å²) in [5.41, 5.74) is 0. The summed E-state index contributed by atoms with van der Waals surface area (Å²) >= 11 is 0. The second-order valence-corrected chi connectivity index (χ2v) is 8.10. The zero-order valence-electron chi connectivity index (χ0n) is 17.6. The molecule has 1 rings (SSSR count). The van der Waals surface area contributed by atoms with Crippen LogP contribution in [-0.4, -0.2) is 43.9 Å². The Kier molecular flexibility index (Phi) is 12.6. The van der Waals surface area contributed by atoms with E-state index in [4.69, 9.17) is 9.47 Å². The molecule has 180 valence electrons. The van der Waals surface area contributed by atoms with Gasteiger partial charge < -0.3 is 9.47 Å². The molecule has 1 atom stereocenters. The van der Waals surface area contributed by atoms with Gasteiger partial charge in [-0.1, -0.05) is 44.9 Å². The summed E-state index contributed by atoms with van der Waals surface area (Å²) < 4.78 is 99.1. The molecule has 0 aromatic carbocycles. The third-order valence-corrected chi connectivity index (χ3v) is 5.45. The Labute approximate surface area is 174 Å². The van der Waals surface area contributed by atoms with Crippen molar-refractivity contribution in [2.45, 2.75) is 114 Å². The number of ether oxygens (including phenoxy) is 2. The largest absolute Gasteiger partial charge is 0.459 e. The van der Waals surface area contributed by atoms with Crippen molar-refractivity contribution >= 4 is 0 Å². The van der Waals surface area contributed by atoms with E-state index in [-0.39, 0.29) is 12.8 Å². The van der Waals surface area contributed by atoms with Crippen LogP contribution in [0.15, 0.2) is 0 Å². The van der Waals surface area contributed by atoms with E-state index < -0.39 is 24.4 Å². The van der Waals surface area contributed by atoms with E-state index in [0.717, 1.165) is 77.6 Å². The van der Waals surface area contributed by atoms with Gasteiger partial charge in [0.2, 0.25) is 0 Å². The Morgan fingerprint density at radius 3 is 1.80 bits per heavy atom. The molecule has 1 unspecified atom stereocenters. The number of halogens is 7. The highest BCUT2D eigenvalue weighted by molar-refractivity contribution is 4.90. The van der Waals surface area contributed by atoms with Crippen molar-refractivity contribution in [1.29, 1.82) is 0 Å². The second kappa shape index (κ2) is 13.8. The average Bonchev–Trinajstić information content (AvgIpc) is 2.68. The van der Waals surface area contributed by atoms with Crippen LogP contribution < -0.4 is 0 Å². The molecule has 0 aromatic rings. The summed E-state index contributed by atoms with van der Waals surface area (Å²) in [7, 11) is 0. The summed E-state index contributed by atoms with van der Waals surface area (Å²) in [5.74, 6) is -11.0. The van der Waals surface area contributed by atoms with Crippen molar-refractivity contribution in [2.24, 2.45) is 0 Å². The lowest BCUT2D eigenvalue weighted by Gasteiger charge is -2.28. The molecule has 1 fully saturated rings. The Balaban J connectivity index is 1.88. The zero-order chi connectivity index (χ0) is 22.5. The van der Waals surface area contributed by atoms with Crippen LogP contribution in [0.2, 0.25) is 0 Å². The van der Waals surface area contributed by atoms with E-state index in [2.05, 4.69) is 0 Å². The van der Waals surface area contributed by atoms with Gasteiger partial charge in [-0.3, -0.25) is 0 Å². The lowest BCUT2D eigenvalue weighted by atomic mass is 10.0. The Hall–Kier alpha value is -0.570. The normalized spacial score (nSPS) is 18.7. The highest BCUT2D eigenvalue weighted by Crippen LogP contribution is 2.48. The molecule has 1 heterocycles. The molecule has 2 nitrogen and oxygen atoms in total. The van der Waals surface area contributed by atoms with Gasteiger partial charge in [0.25, 0.3) is 0 Å². The fourth-order valence-corrected chi connectivity index (χ4v) is 3.50. The minimum absolute atomic E-state index is 0.224. The third-order valence-electron chi connectivity index (χ3n) is 5.45. The van der Waals surface area contributed by atoms with Gasteiger partial charge in [0.1, 0.15) is 0 Å². The first kappa shape index (κ1) is 27.5.